The summed E-state index contributed by atoms with van der Waals surface area (Å²) in [7, 11) is 1.84. The summed E-state index contributed by atoms with van der Waals surface area (Å²) in [5.41, 5.74) is 1.54. The third kappa shape index (κ3) is 1.53. The molecule has 0 unspecified atom stereocenters. The molecule has 0 atom stereocenters. The highest BCUT2D eigenvalue weighted by Crippen LogP contribution is 2.21. The van der Waals surface area contributed by atoms with E-state index in [0.717, 1.165) is 5.56 Å². The van der Waals surface area contributed by atoms with Crippen molar-refractivity contribution in [3.63, 3.8) is 0 Å². The first-order chi connectivity index (χ1) is 6.27. The first-order valence-corrected chi connectivity index (χ1v) is 4.10. The van der Waals surface area contributed by atoms with Crippen LogP contribution in [0.3, 0.4) is 0 Å². The van der Waals surface area contributed by atoms with Gasteiger partial charge in [-0.3, -0.25) is 9.67 Å². The average molecular weight is 195 g/mol. The van der Waals surface area contributed by atoms with Crippen molar-refractivity contribution in [2.75, 3.05) is 0 Å². The van der Waals surface area contributed by atoms with Crippen LogP contribution >= 0.6 is 11.6 Å². The van der Waals surface area contributed by atoms with Gasteiger partial charge in [0.1, 0.15) is 5.69 Å². The third-order valence-corrected chi connectivity index (χ3v) is 1.91. The fraction of sp³-hybridized carbons (Fsp3) is 0.125. The Morgan fingerprint density at radius 2 is 2.08 bits per heavy atom. The Balaban J connectivity index is 2.52. The lowest BCUT2D eigenvalue weighted by Gasteiger charge is -1.96. The first kappa shape index (κ1) is 8.19. The van der Waals surface area contributed by atoms with E-state index in [1.165, 1.54) is 0 Å². The van der Waals surface area contributed by atoms with Crippen molar-refractivity contribution in [2.24, 2.45) is 7.05 Å². The summed E-state index contributed by atoms with van der Waals surface area (Å²) in [6.45, 7) is 0. The number of rotatable bonds is 1. The summed E-state index contributed by atoms with van der Waals surface area (Å²) in [5, 5.41) is 4.42. The number of hydrogen-bond donors (Lipinski definition) is 0. The molecule has 0 N–H and O–H groups in total. The van der Waals surface area contributed by atoms with Crippen LogP contribution in [-0.4, -0.2) is 19.7 Å². The van der Waals surface area contributed by atoms with Crippen molar-refractivity contribution in [1.29, 1.82) is 0 Å². The van der Waals surface area contributed by atoms with E-state index in [-0.39, 0.29) is 0 Å². The van der Waals surface area contributed by atoms with Crippen molar-refractivity contribution < 1.29 is 0 Å². The van der Waals surface area contributed by atoms with Gasteiger partial charge in [-0.15, -0.1) is 0 Å². The van der Waals surface area contributed by atoms with Crippen LogP contribution in [0.25, 0.3) is 11.3 Å². The summed E-state index contributed by atoms with van der Waals surface area (Å²) in [6.07, 6.45) is 6.71. The van der Waals surface area contributed by atoms with Gasteiger partial charge in [-0.05, 0) is 0 Å². The van der Waals surface area contributed by atoms with Gasteiger partial charge in [0.25, 0.3) is 0 Å². The van der Waals surface area contributed by atoms with Crippen LogP contribution in [0.4, 0.5) is 0 Å². The minimum Gasteiger partial charge on any atom is -0.275 e. The van der Waals surface area contributed by atoms with Gasteiger partial charge in [0.2, 0.25) is 0 Å². The van der Waals surface area contributed by atoms with Crippen molar-refractivity contribution >= 4 is 11.6 Å². The maximum absolute atomic E-state index is 5.86. The Morgan fingerprint density at radius 1 is 1.31 bits per heavy atom. The summed E-state index contributed by atoms with van der Waals surface area (Å²) < 4.78 is 1.69. The summed E-state index contributed by atoms with van der Waals surface area (Å²) >= 11 is 5.86. The lowest BCUT2D eigenvalue weighted by Crippen LogP contribution is -1.86. The maximum Gasteiger partial charge on any atom is 0.155 e. The molecule has 0 fully saturated rings. The summed E-state index contributed by atoms with van der Waals surface area (Å²) in [5.74, 6) is 0. The minimum absolute atomic E-state index is 0.399. The van der Waals surface area contributed by atoms with E-state index in [1.54, 1.807) is 23.3 Å². The zero-order valence-electron chi connectivity index (χ0n) is 6.98. The molecule has 66 valence electrons. The highest BCUT2D eigenvalue weighted by atomic mass is 35.5. The molecule has 2 heterocycles. The Morgan fingerprint density at radius 3 is 2.69 bits per heavy atom. The zero-order valence-corrected chi connectivity index (χ0v) is 7.73. The van der Waals surface area contributed by atoms with Crippen LogP contribution in [0.1, 0.15) is 0 Å². The third-order valence-electron chi connectivity index (χ3n) is 1.63. The largest absolute Gasteiger partial charge is 0.275 e. The molecule has 4 nitrogen and oxygen atoms in total. The van der Waals surface area contributed by atoms with E-state index >= 15 is 0 Å². The molecule has 5 heteroatoms. The van der Waals surface area contributed by atoms with Crippen LogP contribution in [0.5, 0.6) is 0 Å². The van der Waals surface area contributed by atoms with Gasteiger partial charge in [-0.25, -0.2) is 4.98 Å². The average Bonchev–Trinajstić information content (AvgIpc) is 2.53. The lowest BCUT2D eigenvalue weighted by molar-refractivity contribution is 0.768. The molecule has 0 saturated heterocycles. The van der Waals surface area contributed by atoms with Crippen molar-refractivity contribution in [2.45, 2.75) is 0 Å². The Bertz CT molecular complexity index is 424. The van der Waals surface area contributed by atoms with E-state index < -0.39 is 0 Å². The van der Waals surface area contributed by atoms with Gasteiger partial charge in [-0.1, -0.05) is 11.6 Å². The highest BCUT2D eigenvalue weighted by molar-refractivity contribution is 6.31. The smallest absolute Gasteiger partial charge is 0.155 e. The van der Waals surface area contributed by atoms with Gasteiger partial charge in [0, 0.05) is 31.2 Å². The summed E-state index contributed by atoms with van der Waals surface area (Å²) in [4.78, 5) is 8.04. The Labute approximate surface area is 80.2 Å². The lowest BCUT2D eigenvalue weighted by atomic mass is 10.3. The van der Waals surface area contributed by atoms with E-state index in [1.807, 2.05) is 13.2 Å². The fourth-order valence-electron chi connectivity index (χ4n) is 1.06. The second-order valence-electron chi connectivity index (χ2n) is 2.60. The van der Waals surface area contributed by atoms with Crippen LogP contribution in [0, 0.1) is 0 Å². The molecule has 0 aliphatic rings. The molecule has 0 spiro atoms. The predicted octanol–water partition coefficient (Wildman–Crippen LogP) is 1.53. The normalized spacial score (nSPS) is 10.3. The van der Waals surface area contributed by atoms with Gasteiger partial charge < -0.3 is 0 Å². The minimum atomic E-state index is 0.399. The molecule has 0 saturated carbocycles. The molecule has 0 aliphatic carbocycles. The Hall–Kier alpha value is -1.42. The summed E-state index contributed by atoms with van der Waals surface area (Å²) in [6, 6.07) is 0. The molecular weight excluding hydrogens is 188 g/mol. The quantitative estimate of drug-likeness (QED) is 0.692. The van der Waals surface area contributed by atoms with E-state index in [0.29, 0.717) is 10.8 Å². The van der Waals surface area contributed by atoms with E-state index in [4.69, 9.17) is 11.6 Å². The van der Waals surface area contributed by atoms with Crippen molar-refractivity contribution in [3.05, 3.63) is 29.9 Å². The SMILES string of the molecule is Cn1cc(-c2nccnc2Cl)cn1. The molecule has 2 aromatic heterocycles. The van der Waals surface area contributed by atoms with Crippen LogP contribution in [-0.2, 0) is 7.05 Å². The number of halogens is 1. The zero-order chi connectivity index (χ0) is 9.26. The van der Waals surface area contributed by atoms with Gasteiger partial charge in [0.15, 0.2) is 5.15 Å². The molecule has 2 aromatic rings. The second-order valence-corrected chi connectivity index (χ2v) is 2.96. The number of aromatic nitrogens is 4. The van der Waals surface area contributed by atoms with Crippen LogP contribution in [0.2, 0.25) is 5.15 Å². The topological polar surface area (TPSA) is 43.6 Å². The number of aryl methyl sites for hydroxylation is 1. The Kier molecular flexibility index (Phi) is 1.98. The molecular formula is C8H7ClN4. The van der Waals surface area contributed by atoms with E-state index in [2.05, 4.69) is 15.1 Å². The first-order valence-electron chi connectivity index (χ1n) is 3.73. The van der Waals surface area contributed by atoms with E-state index in [9.17, 15) is 0 Å². The molecule has 0 aromatic carbocycles. The predicted molar refractivity (Wildman–Crippen MR) is 49.2 cm³/mol. The standard InChI is InChI=1S/C8H7ClN4/c1-13-5-6(4-12-13)7-8(9)11-3-2-10-7/h2-5H,1H3. The number of hydrogen-bond acceptors (Lipinski definition) is 3. The maximum atomic E-state index is 5.86. The van der Waals surface area contributed by atoms with Crippen molar-refractivity contribution in [3.8, 4) is 11.3 Å². The van der Waals surface area contributed by atoms with Gasteiger partial charge in [-0.2, -0.15) is 5.10 Å². The molecule has 0 amide bonds. The van der Waals surface area contributed by atoms with Crippen LogP contribution < -0.4 is 0 Å². The van der Waals surface area contributed by atoms with Crippen LogP contribution in [0.15, 0.2) is 24.8 Å². The highest BCUT2D eigenvalue weighted by Gasteiger charge is 2.06. The molecule has 0 bridgehead atoms. The second kappa shape index (κ2) is 3.14. The van der Waals surface area contributed by atoms with Gasteiger partial charge >= 0.3 is 0 Å². The fourth-order valence-corrected chi connectivity index (χ4v) is 1.27. The monoisotopic (exact) mass is 194 g/mol. The molecule has 0 aliphatic heterocycles. The van der Waals surface area contributed by atoms with Crippen molar-refractivity contribution in [1.82, 2.24) is 19.7 Å². The number of nitrogens with zero attached hydrogens (tertiary/aromatic N) is 4. The molecule has 2 rings (SSSR count). The molecule has 13 heavy (non-hydrogen) atoms. The molecule has 0 radical (unpaired) electrons. The van der Waals surface area contributed by atoms with Gasteiger partial charge in [0.05, 0.1) is 6.20 Å².